The zero-order chi connectivity index (χ0) is 12.8. The van der Waals surface area contributed by atoms with Crippen molar-refractivity contribution in [1.82, 2.24) is 4.98 Å². The topological polar surface area (TPSA) is 85.4 Å². The Morgan fingerprint density at radius 2 is 2.35 bits per heavy atom. The summed E-state index contributed by atoms with van der Waals surface area (Å²) in [5, 5.41) is 8.63. The first-order valence-corrected chi connectivity index (χ1v) is 6.26. The van der Waals surface area contributed by atoms with Crippen LogP contribution in [0.15, 0.2) is 12.1 Å². The van der Waals surface area contributed by atoms with Crippen LogP contribution in [0, 0.1) is 6.92 Å². The number of aromatic nitrogens is 1. The van der Waals surface area contributed by atoms with Gasteiger partial charge in [0, 0.05) is 29.3 Å². The third-order valence-electron chi connectivity index (χ3n) is 2.08. The Morgan fingerprint density at radius 1 is 1.65 bits per heavy atom. The molecule has 0 aliphatic heterocycles. The first-order valence-electron chi connectivity index (χ1n) is 5.10. The van der Waals surface area contributed by atoms with E-state index in [1.54, 1.807) is 7.11 Å². The Labute approximate surface area is 104 Å². The number of aliphatic carboxylic acids is 1. The third-order valence-corrected chi connectivity index (χ3v) is 3.17. The van der Waals surface area contributed by atoms with Gasteiger partial charge in [0.15, 0.2) is 0 Å². The molecule has 0 saturated heterocycles. The fourth-order valence-electron chi connectivity index (χ4n) is 1.26. The maximum absolute atomic E-state index is 10.5. The maximum atomic E-state index is 10.5. The van der Waals surface area contributed by atoms with E-state index in [9.17, 15) is 4.79 Å². The van der Waals surface area contributed by atoms with Gasteiger partial charge in [-0.15, -0.1) is 0 Å². The molecule has 1 aromatic rings. The summed E-state index contributed by atoms with van der Waals surface area (Å²) >= 11 is 1.45. The molecule has 0 fully saturated rings. The van der Waals surface area contributed by atoms with E-state index in [1.807, 2.05) is 19.1 Å². The molecule has 0 aliphatic rings. The van der Waals surface area contributed by atoms with Crippen LogP contribution in [-0.4, -0.2) is 35.0 Å². The Morgan fingerprint density at radius 3 is 2.94 bits per heavy atom. The lowest BCUT2D eigenvalue weighted by Gasteiger charge is -2.07. The van der Waals surface area contributed by atoms with Crippen LogP contribution in [0.4, 0.5) is 0 Å². The van der Waals surface area contributed by atoms with Crippen LogP contribution < -0.4 is 10.5 Å². The van der Waals surface area contributed by atoms with Crippen molar-refractivity contribution in [2.24, 2.45) is 5.73 Å². The Hall–Kier alpha value is -1.27. The summed E-state index contributed by atoms with van der Waals surface area (Å²) in [6.07, 6.45) is 0. The number of carboxylic acids is 1. The predicted octanol–water partition coefficient (Wildman–Crippen LogP) is 1.04. The van der Waals surface area contributed by atoms with Gasteiger partial charge in [0.1, 0.15) is 11.8 Å². The molecule has 1 rings (SSSR count). The summed E-state index contributed by atoms with van der Waals surface area (Å²) in [6.45, 7) is 1.89. The summed E-state index contributed by atoms with van der Waals surface area (Å²) in [4.78, 5) is 14.9. The van der Waals surface area contributed by atoms with Gasteiger partial charge < -0.3 is 15.6 Å². The number of methoxy groups -OCH3 is 1. The van der Waals surface area contributed by atoms with Crippen LogP contribution in [0.3, 0.4) is 0 Å². The summed E-state index contributed by atoms with van der Waals surface area (Å²) in [5.41, 5.74) is 7.14. The van der Waals surface area contributed by atoms with Crippen LogP contribution in [-0.2, 0) is 10.5 Å². The standard InChI is InChI=1S/C11H16N2O3S/c1-7-3-9(16-2)4-8(13-7)5-17-6-10(12)11(14)15/h3-4,10H,5-6,12H2,1-2H3,(H,14,15)/t10-/m1/s1. The molecule has 0 saturated carbocycles. The van der Waals surface area contributed by atoms with Gasteiger partial charge in [0.05, 0.1) is 12.8 Å². The minimum absolute atomic E-state index is 0.368. The maximum Gasteiger partial charge on any atom is 0.321 e. The highest BCUT2D eigenvalue weighted by molar-refractivity contribution is 7.98. The number of pyridine rings is 1. The van der Waals surface area contributed by atoms with Crippen molar-refractivity contribution in [3.8, 4) is 5.75 Å². The SMILES string of the molecule is COc1cc(C)nc(CSC[C@@H](N)C(=O)O)c1. The molecule has 1 heterocycles. The fraction of sp³-hybridized carbons (Fsp3) is 0.455. The molecule has 0 bridgehead atoms. The van der Waals surface area contributed by atoms with E-state index in [2.05, 4.69) is 4.98 Å². The van der Waals surface area contributed by atoms with Crippen LogP contribution in [0.2, 0.25) is 0 Å². The number of carbonyl (C=O) groups is 1. The number of aryl methyl sites for hydroxylation is 1. The van der Waals surface area contributed by atoms with Crippen molar-refractivity contribution in [3.05, 3.63) is 23.5 Å². The van der Waals surface area contributed by atoms with Crippen LogP contribution >= 0.6 is 11.8 Å². The molecular formula is C11H16N2O3S. The lowest BCUT2D eigenvalue weighted by molar-refractivity contribution is -0.137. The predicted molar refractivity (Wildman–Crippen MR) is 67.3 cm³/mol. The molecule has 1 atom stereocenters. The van der Waals surface area contributed by atoms with Crippen molar-refractivity contribution in [1.29, 1.82) is 0 Å². The zero-order valence-electron chi connectivity index (χ0n) is 9.84. The fourth-order valence-corrected chi connectivity index (χ4v) is 2.13. The van der Waals surface area contributed by atoms with Gasteiger partial charge in [-0.3, -0.25) is 9.78 Å². The van der Waals surface area contributed by atoms with Gasteiger partial charge in [-0.05, 0) is 6.92 Å². The van der Waals surface area contributed by atoms with Crippen LogP contribution in [0.25, 0.3) is 0 Å². The molecule has 0 radical (unpaired) electrons. The molecule has 94 valence electrons. The summed E-state index contributed by atoms with van der Waals surface area (Å²) in [5.74, 6) is 0.773. The second-order valence-corrected chi connectivity index (χ2v) is 4.63. The van der Waals surface area contributed by atoms with Crippen molar-refractivity contribution in [2.45, 2.75) is 18.7 Å². The Kier molecular flexibility index (Phi) is 5.24. The van der Waals surface area contributed by atoms with Crippen molar-refractivity contribution >= 4 is 17.7 Å². The first kappa shape index (κ1) is 13.8. The monoisotopic (exact) mass is 256 g/mol. The first-order chi connectivity index (χ1) is 8.02. The zero-order valence-corrected chi connectivity index (χ0v) is 10.7. The third kappa shape index (κ3) is 4.62. The smallest absolute Gasteiger partial charge is 0.321 e. The van der Waals surface area contributed by atoms with E-state index in [0.717, 1.165) is 17.1 Å². The molecule has 1 aromatic heterocycles. The average Bonchev–Trinajstić information content (AvgIpc) is 2.27. The van der Waals surface area contributed by atoms with Crippen molar-refractivity contribution in [3.63, 3.8) is 0 Å². The number of ether oxygens (including phenoxy) is 1. The van der Waals surface area contributed by atoms with Gasteiger partial charge in [-0.2, -0.15) is 11.8 Å². The van der Waals surface area contributed by atoms with E-state index in [0.29, 0.717) is 11.5 Å². The molecule has 5 nitrogen and oxygen atoms in total. The number of hydrogen-bond donors (Lipinski definition) is 2. The molecule has 6 heteroatoms. The number of rotatable bonds is 6. The van der Waals surface area contributed by atoms with Gasteiger partial charge in [-0.25, -0.2) is 0 Å². The molecule has 0 unspecified atom stereocenters. The minimum atomic E-state index is -0.979. The van der Waals surface area contributed by atoms with Crippen LogP contribution in [0.5, 0.6) is 5.75 Å². The van der Waals surface area contributed by atoms with E-state index < -0.39 is 12.0 Å². The molecule has 0 aliphatic carbocycles. The molecule has 0 spiro atoms. The Balaban J connectivity index is 2.51. The molecule has 0 aromatic carbocycles. The van der Waals surface area contributed by atoms with Crippen LogP contribution in [0.1, 0.15) is 11.4 Å². The lowest BCUT2D eigenvalue weighted by Crippen LogP contribution is -2.32. The molecule has 3 N–H and O–H groups in total. The number of carboxylic acid groups (broad SMARTS) is 1. The van der Waals surface area contributed by atoms with E-state index in [1.165, 1.54) is 11.8 Å². The number of hydrogen-bond acceptors (Lipinski definition) is 5. The number of nitrogens with two attached hydrogens (primary N) is 1. The number of nitrogens with zero attached hydrogens (tertiary/aromatic N) is 1. The van der Waals surface area contributed by atoms with Gasteiger partial charge in [0.25, 0.3) is 0 Å². The van der Waals surface area contributed by atoms with Crippen molar-refractivity contribution < 1.29 is 14.6 Å². The molecule has 0 amide bonds. The second kappa shape index (κ2) is 6.46. The van der Waals surface area contributed by atoms with Gasteiger partial charge >= 0.3 is 5.97 Å². The van der Waals surface area contributed by atoms with Gasteiger partial charge in [-0.1, -0.05) is 0 Å². The number of thioether (sulfide) groups is 1. The lowest BCUT2D eigenvalue weighted by atomic mass is 10.3. The Bertz CT molecular complexity index is 398. The van der Waals surface area contributed by atoms with E-state index in [4.69, 9.17) is 15.6 Å². The van der Waals surface area contributed by atoms with Gasteiger partial charge in [0.2, 0.25) is 0 Å². The second-order valence-electron chi connectivity index (χ2n) is 3.60. The van der Waals surface area contributed by atoms with E-state index in [-0.39, 0.29) is 0 Å². The minimum Gasteiger partial charge on any atom is -0.497 e. The quantitative estimate of drug-likeness (QED) is 0.791. The highest BCUT2D eigenvalue weighted by atomic mass is 32.2. The average molecular weight is 256 g/mol. The van der Waals surface area contributed by atoms with E-state index >= 15 is 0 Å². The summed E-state index contributed by atoms with van der Waals surface area (Å²) < 4.78 is 5.13. The summed E-state index contributed by atoms with van der Waals surface area (Å²) in [6, 6.07) is 2.86. The summed E-state index contributed by atoms with van der Waals surface area (Å²) in [7, 11) is 1.60. The highest BCUT2D eigenvalue weighted by Crippen LogP contribution is 2.17. The molecule has 17 heavy (non-hydrogen) atoms. The molecular weight excluding hydrogens is 240 g/mol. The van der Waals surface area contributed by atoms with Crippen molar-refractivity contribution in [2.75, 3.05) is 12.9 Å². The normalized spacial score (nSPS) is 12.2. The largest absolute Gasteiger partial charge is 0.497 e. The highest BCUT2D eigenvalue weighted by Gasteiger charge is 2.11.